The van der Waals surface area contributed by atoms with Gasteiger partial charge >= 0.3 is 0 Å². The molecule has 3 aliphatic rings. The summed E-state index contributed by atoms with van der Waals surface area (Å²) in [5.41, 5.74) is 8.79. The predicted molar refractivity (Wildman–Crippen MR) is 238 cm³/mol. The molecule has 6 heteroatoms. The number of aliphatic hydroxyl groups excluding tert-OH is 1. The minimum atomic E-state index is -0.690. The van der Waals surface area contributed by atoms with E-state index in [9.17, 15) is 10.2 Å². The first-order chi connectivity index (χ1) is 25.6. The number of phenolic OH excluding ortho intramolecular Hbond substituents is 1. The molecular weight excluding hydrogens is 717 g/mol. The van der Waals surface area contributed by atoms with E-state index in [2.05, 4.69) is 133 Å². The highest BCUT2D eigenvalue weighted by Crippen LogP contribution is 2.46. The fourth-order valence-electron chi connectivity index (χ4n) is 8.59. The van der Waals surface area contributed by atoms with Gasteiger partial charge in [-0.3, -0.25) is 0 Å². The Bertz CT molecular complexity index is 1790. The number of aryl methyl sites for hydroxylation is 3. The highest BCUT2D eigenvalue weighted by Gasteiger charge is 2.38. The van der Waals surface area contributed by atoms with Gasteiger partial charge in [-0.2, -0.15) is 23.5 Å². The summed E-state index contributed by atoms with van der Waals surface area (Å²) >= 11 is 4.03. The summed E-state index contributed by atoms with van der Waals surface area (Å²) in [5, 5.41) is 24.6. The number of phenols is 1. The summed E-state index contributed by atoms with van der Waals surface area (Å²) in [4.78, 5) is 0. The van der Waals surface area contributed by atoms with Crippen LogP contribution in [-0.2, 0) is 15.9 Å². The Morgan fingerprint density at radius 2 is 1.42 bits per heavy atom. The number of thioether (sulfide) groups is 2. The second kappa shape index (κ2) is 17.5. The minimum Gasteiger partial charge on any atom is -0.504 e. The monoisotopic (exact) mass is 786 g/mol. The van der Waals surface area contributed by atoms with Crippen LogP contribution < -0.4 is 4.74 Å². The molecular formula is C49H70O4S2. The van der Waals surface area contributed by atoms with Crippen LogP contribution in [0.4, 0.5) is 0 Å². The first kappa shape index (κ1) is 43.6. The summed E-state index contributed by atoms with van der Waals surface area (Å²) < 4.78 is 13.4. The number of rotatable bonds is 10. The molecule has 5 atom stereocenters. The summed E-state index contributed by atoms with van der Waals surface area (Å²) in [6.45, 7) is 28.4. The standard InChI is InChI=1S/C49H70O4S2/c1-30-20-32(3)45(33(4)21-30)52-39-25-37(47(6,7)8)23-35(43(39)50)28-54-41-18-16-14-15-17-19-42(41)55-29-36-24-38(48(9,10)11)26-40(44(36)51)53-46-34(5)22-31(2)27-49(46,12)13/h20-27,36,41-42,44,46,50-51H,14-19,28-29H2,1-13H3. The zero-order valence-electron chi connectivity index (χ0n) is 36.2. The summed E-state index contributed by atoms with van der Waals surface area (Å²) in [6, 6.07) is 8.51. The van der Waals surface area contributed by atoms with Crippen molar-refractivity contribution in [3.8, 4) is 17.2 Å². The number of aromatic hydroxyl groups is 1. The number of hydrogen-bond donors (Lipinski definition) is 2. The summed E-state index contributed by atoms with van der Waals surface area (Å²) in [5.74, 6) is 3.82. The zero-order valence-corrected chi connectivity index (χ0v) is 37.8. The third-order valence-electron chi connectivity index (χ3n) is 11.6. The van der Waals surface area contributed by atoms with Crippen LogP contribution in [0.3, 0.4) is 0 Å². The van der Waals surface area contributed by atoms with Gasteiger partial charge in [-0.1, -0.05) is 129 Å². The van der Waals surface area contributed by atoms with Gasteiger partial charge in [0.15, 0.2) is 11.5 Å². The van der Waals surface area contributed by atoms with Crippen LogP contribution >= 0.6 is 23.5 Å². The zero-order chi connectivity index (χ0) is 40.5. The molecule has 5 rings (SSSR count). The van der Waals surface area contributed by atoms with E-state index < -0.39 is 6.10 Å². The van der Waals surface area contributed by atoms with Crippen LogP contribution in [0.5, 0.6) is 17.2 Å². The minimum absolute atomic E-state index is 0.0375. The van der Waals surface area contributed by atoms with Crippen LogP contribution in [-0.4, -0.2) is 38.7 Å². The molecule has 0 saturated heterocycles. The molecule has 55 heavy (non-hydrogen) atoms. The maximum absolute atomic E-state index is 12.0. The van der Waals surface area contributed by atoms with Crippen LogP contribution in [0.1, 0.15) is 136 Å². The SMILES string of the molecule is CC1=CC(C)(C)C(OC2=CC(C(C)(C)C)=CC(CSC3CCCCCCC3SCc3cc(C(C)(C)C)cc(Oc4c(C)cc(C)cc4C)c3O)C2O)C(C)=C1. The van der Waals surface area contributed by atoms with Crippen molar-refractivity contribution in [3.63, 3.8) is 0 Å². The number of benzene rings is 2. The molecule has 0 amide bonds. The maximum atomic E-state index is 12.0. The van der Waals surface area contributed by atoms with E-state index in [1.165, 1.54) is 54.4 Å². The molecule has 0 radical (unpaired) electrons. The van der Waals surface area contributed by atoms with Gasteiger partial charge in [-0.15, -0.1) is 0 Å². The Balaban J connectivity index is 1.36. The third-order valence-corrected chi connectivity index (χ3v) is 14.8. The lowest BCUT2D eigenvalue weighted by Gasteiger charge is -2.40. The molecule has 0 heterocycles. The molecule has 2 aromatic rings. The van der Waals surface area contributed by atoms with E-state index in [1.807, 2.05) is 29.6 Å². The Morgan fingerprint density at radius 3 is 2.00 bits per heavy atom. The van der Waals surface area contributed by atoms with E-state index in [1.54, 1.807) is 0 Å². The first-order valence-corrected chi connectivity index (χ1v) is 22.8. The van der Waals surface area contributed by atoms with Gasteiger partial charge in [0.25, 0.3) is 0 Å². The van der Waals surface area contributed by atoms with Crippen molar-refractivity contribution >= 4 is 23.5 Å². The molecule has 5 unspecified atom stereocenters. The normalized spacial score (nSPS) is 24.9. The fourth-order valence-corrected chi connectivity index (χ4v) is 11.8. The number of hydrogen-bond acceptors (Lipinski definition) is 6. The van der Waals surface area contributed by atoms with Gasteiger partial charge in [0, 0.05) is 38.9 Å². The van der Waals surface area contributed by atoms with Crippen molar-refractivity contribution in [1.29, 1.82) is 0 Å². The van der Waals surface area contributed by atoms with Crippen molar-refractivity contribution in [2.75, 3.05) is 5.75 Å². The van der Waals surface area contributed by atoms with E-state index in [0.717, 1.165) is 45.9 Å². The Kier molecular flexibility index (Phi) is 13.9. The van der Waals surface area contributed by atoms with E-state index in [-0.39, 0.29) is 34.0 Å². The average molecular weight is 787 g/mol. The van der Waals surface area contributed by atoms with E-state index >= 15 is 0 Å². The van der Waals surface area contributed by atoms with Crippen molar-refractivity contribution < 1.29 is 19.7 Å². The molecule has 0 bridgehead atoms. The smallest absolute Gasteiger partial charge is 0.169 e. The van der Waals surface area contributed by atoms with Crippen molar-refractivity contribution in [1.82, 2.24) is 0 Å². The van der Waals surface area contributed by atoms with Gasteiger partial charge < -0.3 is 19.7 Å². The molecule has 1 saturated carbocycles. The van der Waals surface area contributed by atoms with E-state index in [0.29, 0.717) is 22.0 Å². The van der Waals surface area contributed by atoms with Crippen molar-refractivity contribution in [2.24, 2.45) is 16.7 Å². The lowest BCUT2D eigenvalue weighted by Crippen LogP contribution is -2.38. The third kappa shape index (κ3) is 10.9. The topological polar surface area (TPSA) is 58.9 Å². The number of aliphatic hydroxyl groups is 1. The Morgan fingerprint density at radius 1 is 0.800 bits per heavy atom. The van der Waals surface area contributed by atoms with Crippen LogP contribution in [0.25, 0.3) is 0 Å². The van der Waals surface area contributed by atoms with Crippen molar-refractivity contribution in [3.05, 3.63) is 98.9 Å². The van der Waals surface area contributed by atoms with Crippen LogP contribution in [0.2, 0.25) is 0 Å². The molecule has 2 N–H and O–H groups in total. The van der Waals surface area contributed by atoms with Gasteiger partial charge in [0.05, 0.1) is 0 Å². The van der Waals surface area contributed by atoms with Gasteiger partial charge in [0.1, 0.15) is 23.7 Å². The Labute approximate surface area is 342 Å². The highest BCUT2D eigenvalue weighted by molar-refractivity contribution is 8.03. The Hall–Kier alpha value is -2.54. The number of allylic oxidation sites excluding steroid dienone is 4. The second-order valence-corrected chi connectivity index (χ2v) is 21.9. The fraction of sp³-hybridized carbons (Fsp3) is 0.592. The molecule has 1 fully saturated rings. The largest absolute Gasteiger partial charge is 0.504 e. The lowest BCUT2D eigenvalue weighted by molar-refractivity contribution is 0.0136. The first-order valence-electron chi connectivity index (χ1n) is 20.7. The molecule has 302 valence electrons. The van der Waals surface area contributed by atoms with Gasteiger partial charge in [0.2, 0.25) is 0 Å². The quantitative estimate of drug-likeness (QED) is 0.250. The molecule has 0 aromatic heterocycles. The molecule has 0 spiro atoms. The summed E-state index contributed by atoms with van der Waals surface area (Å²) in [6.07, 6.45) is 15.5. The van der Waals surface area contributed by atoms with Crippen molar-refractivity contribution in [2.45, 2.75) is 162 Å². The molecule has 2 aromatic carbocycles. The van der Waals surface area contributed by atoms with E-state index in [4.69, 9.17) is 9.47 Å². The molecule has 0 aliphatic heterocycles. The second-order valence-electron chi connectivity index (χ2n) is 19.4. The lowest BCUT2D eigenvalue weighted by atomic mass is 9.76. The highest BCUT2D eigenvalue weighted by atomic mass is 32.2. The maximum Gasteiger partial charge on any atom is 0.169 e. The van der Waals surface area contributed by atoms with Crippen LogP contribution in [0, 0.1) is 37.5 Å². The summed E-state index contributed by atoms with van der Waals surface area (Å²) in [7, 11) is 0. The molecule has 4 nitrogen and oxygen atoms in total. The average Bonchev–Trinajstić information content (AvgIpc) is 3.04. The molecule has 3 aliphatic carbocycles. The number of ether oxygens (including phenoxy) is 2. The predicted octanol–water partition coefficient (Wildman–Crippen LogP) is 13.6. The van der Waals surface area contributed by atoms with Gasteiger partial charge in [-0.25, -0.2) is 0 Å². The van der Waals surface area contributed by atoms with Crippen LogP contribution in [0.15, 0.2) is 71.0 Å². The van der Waals surface area contributed by atoms with Gasteiger partial charge in [-0.05, 0) is 98.3 Å².